The Kier molecular flexibility index (Phi) is 8.68. The molecule has 2 heterocycles. The number of carboxylic acids is 1. The van der Waals surface area contributed by atoms with Crippen LogP contribution in [0.15, 0.2) is 24.5 Å². The Bertz CT molecular complexity index is 1390. The van der Waals surface area contributed by atoms with Crippen LogP contribution in [0.1, 0.15) is 54.4 Å². The second kappa shape index (κ2) is 11.7. The highest BCUT2D eigenvalue weighted by molar-refractivity contribution is 7.70. The zero-order valence-electron chi connectivity index (χ0n) is 21.9. The Morgan fingerprint density at radius 3 is 2.64 bits per heavy atom. The van der Waals surface area contributed by atoms with Crippen molar-refractivity contribution in [3.05, 3.63) is 35.7 Å². The first-order chi connectivity index (χ1) is 18.4. The Labute approximate surface area is 224 Å². The van der Waals surface area contributed by atoms with Crippen LogP contribution in [0, 0.1) is 0 Å². The molecule has 4 rings (SSSR count). The summed E-state index contributed by atoms with van der Waals surface area (Å²) in [4.78, 5) is 23.0. The van der Waals surface area contributed by atoms with Crippen LogP contribution in [-0.4, -0.2) is 64.5 Å². The van der Waals surface area contributed by atoms with Crippen molar-refractivity contribution in [2.24, 2.45) is 5.73 Å². The molecule has 13 heteroatoms. The molecule has 39 heavy (non-hydrogen) atoms. The second-order valence-electron chi connectivity index (χ2n) is 10.4. The summed E-state index contributed by atoms with van der Waals surface area (Å²) in [5.74, 6) is -1.18. The highest BCUT2D eigenvalue weighted by Gasteiger charge is 2.37. The van der Waals surface area contributed by atoms with E-state index in [0.29, 0.717) is 11.9 Å². The van der Waals surface area contributed by atoms with Gasteiger partial charge in [0.15, 0.2) is 0 Å². The summed E-state index contributed by atoms with van der Waals surface area (Å²) in [6.07, 6.45) is 2.95. The number of aromatic carboxylic acids is 1. The van der Waals surface area contributed by atoms with Crippen LogP contribution < -0.4 is 21.7 Å². The Balaban J connectivity index is 1.69. The molecule has 0 bridgehead atoms. The van der Waals surface area contributed by atoms with E-state index >= 15 is 0 Å². The first kappa shape index (κ1) is 29.0. The van der Waals surface area contributed by atoms with Gasteiger partial charge in [-0.25, -0.2) is 14.8 Å². The maximum absolute atomic E-state index is 14.0. The van der Waals surface area contributed by atoms with Crippen LogP contribution in [0.2, 0.25) is 0 Å². The monoisotopic (exact) mass is 566 g/mol. The molecule has 1 aliphatic carbocycles. The number of fused-ring (bicyclic) bond motifs is 1. The van der Waals surface area contributed by atoms with E-state index in [9.17, 15) is 27.6 Å². The lowest BCUT2D eigenvalue weighted by Gasteiger charge is -2.30. The van der Waals surface area contributed by atoms with Crippen LogP contribution in [0.4, 0.5) is 19.1 Å². The summed E-state index contributed by atoms with van der Waals surface area (Å²) in [6.45, 7) is 4.36. The van der Waals surface area contributed by atoms with Crippen molar-refractivity contribution in [1.29, 1.82) is 0 Å². The van der Waals surface area contributed by atoms with E-state index in [2.05, 4.69) is 25.6 Å². The van der Waals surface area contributed by atoms with Gasteiger partial charge >= 0.3 is 12.1 Å². The van der Waals surface area contributed by atoms with E-state index in [4.69, 9.17) is 5.73 Å². The van der Waals surface area contributed by atoms with Gasteiger partial charge in [-0.05, 0) is 71.0 Å². The van der Waals surface area contributed by atoms with Gasteiger partial charge in [-0.15, -0.1) is 0 Å². The molecular formula is C26H34F3N6O3P. The van der Waals surface area contributed by atoms with E-state index in [1.807, 2.05) is 0 Å². The molecule has 0 radical (unpaired) electrons. The number of anilines is 1. The summed E-state index contributed by atoms with van der Waals surface area (Å²) in [7, 11) is -3.12. The summed E-state index contributed by atoms with van der Waals surface area (Å²) >= 11 is 0. The number of hydrogen-bond acceptors (Lipinski definition) is 7. The molecule has 0 unspecified atom stereocenters. The molecule has 1 fully saturated rings. The molecule has 6 N–H and O–H groups in total. The predicted octanol–water partition coefficient (Wildman–Crippen LogP) is 4.64. The molecular weight excluding hydrogens is 532 g/mol. The van der Waals surface area contributed by atoms with Crippen LogP contribution in [0.25, 0.3) is 22.2 Å². The average Bonchev–Trinajstić information content (AvgIpc) is 3.29. The predicted molar refractivity (Wildman–Crippen MR) is 146 cm³/mol. The molecule has 0 saturated heterocycles. The van der Waals surface area contributed by atoms with Gasteiger partial charge in [-0.1, -0.05) is 6.07 Å². The van der Waals surface area contributed by atoms with Crippen LogP contribution >= 0.6 is 7.14 Å². The normalized spacial score (nSPS) is 18.4. The largest absolute Gasteiger partial charge is 0.478 e. The number of aromatic amines is 1. The molecule has 1 aliphatic rings. The minimum absolute atomic E-state index is 0.00546. The maximum Gasteiger partial charge on any atom is 0.419 e. The number of rotatable bonds is 10. The second-order valence-corrected chi connectivity index (χ2v) is 13.5. The van der Waals surface area contributed by atoms with Crippen LogP contribution in [0.5, 0.6) is 0 Å². The third kappa shape index (κ3) is 6.62. The Hall–Kier alpha value is -2.95. The third-order valence-electron chi connectivity index (χ3n) is 7.02. The first-order valence-electron chi connectivity index (χ1n) is 13.0. The molecule has 0 aliphatic heterocycles. The van der Waals surface area contributed by atoms with Crippen molar-refractivity contribution >= 4 is 35.3 Å². The molecule has 1 saturated carbocycles. The third-order valence-corrected chi connectivity index (χ3v) is 8.56. The SMILES string of the molecule is CP(C)(=O)c1c(C(=O)O)ccc2c(-c3nc(N[C@H]4CCC[C@H](NCCCCN)C4)ncc3C(F)(F)F)c[nH]c12. The minimum atomic E-state index is -4.73. The van der Waals surface area contributed by atoms with E-state index in [-0.39, 0.29) is 45.7 Å². The number of nitrogens with one attached hydrogen (secondary N) is 3. The molecule has 3 aromatic rings. The quantitative estimate of drug-likeness (QED) is 0.176. The fourth-order valence-electron chi connectivity index (χ4n) is 5.24. The van der Waals surface area contributed by atoms with Gasteiger partial charge in [0.1, 0.15) is 12.7 Å². The molecule has 9 nitrogen and oxygen atoms in total. The number of H-pyrrole nitrogens is 1. The molecule has 212 valence electrons. The van der Waals surface area contributed by atoms with Crippen molar-refractivity contribution in [3.8, 4) is 11.3 Å². The van der Waals surface area contributed by atoms with Crippen molar-refractivity contribution < 1.29 is 27.6 Å². The number of halogens is 3. The number of nitrogens with two attached hydrogens (primary N) is 1. The molecule has 2 aromatic heterocycles. The smallest absolute Gasteiger partial charge is 0.419 e. The zero-order valence-corrected chi connectivity index (χ0v) is 22.8. The number of benzene rings is 1. The fraction of sp³-hybridized carbons (Fsp3) is 0.500. The topological polar surface area (TPSA) is 146 Å². The summed E-state index contributed by atoms with van der Waals surface area (Å²) in [5.41, 5.74) is 4.38. The molecule has 2 atom stereocenters. The summed E-state index contributed by atoms with van der Waals surface area (Å²) < 4.78 is 55.2. The average molecular weight is 567 g/mol. The van der Waals surface area contributed by atoms with Gasteiger partial charge in [-0.2, -0.15) is 13.2 Å². The lowest BCUT2D eigenvalue weighted by Crippen LogP contribution is -2.39. The lowest BCUT2D eigenvalue weighted by atomic mass is 9.91. The Morgan fingerprint density at radius 2 is 1.97 bits per heavy atom. The maximum atomic E-state index is 14.0. The number of aromatic nitrogens is 3. The van der Waals surface area contributed by atoms with Crippen molar-refractivity contribution in [2.45, 2.75) is 56.8 Å². The van der Waals surface area contributed by atoms with Crippen LogP contribution in [-0.2, 0) is 10.7 Å². The van der Waals surface area contributed by atoms with Crippen molar-refractivity contribution in [3.63, 3.8) is 0 Å². The Morgan fingerprint density at radius 1 is 1.23 bits per heavy atom. The van der Waals surface area contributed by atoms with E-state index in [1.54, 1.807) is 0 Å². The van der Waals surface area contributed by atoms with Crippen LogP contribution in [0.3, 0.4) is 0 Å². The summed E-state index contributed by atoms with van der Waals surface area (Å²) in [5, 5.41) is 16.7. The number of carbonyl (C=O) groups is 1. The zero-order chi connectivity index (χ0) is 28.4. The van der Waals surface area contributed by atoms with Gasteiger partial charge < -0.3 is 31.0 Å². The van der Waals surface area contributed by atoms with Gasteiger partial charge in [0.25, 0.3) is 0 Å². The standard InChI is InChI=1S/C26H34F3N6O3P/c1-39(2,38)23-18(24(36)37)9-8-17-19(13-32-22(17)23)21-20(26(27,28)29)14-33-25(35-21)34-16-7-5-6-15(12-16)31-11-4-3-10-30/h8-9,13-16,31-32H,3-7,10-12,30H2,1-2H3,(H,36,37)(H,33,34,35)/t15-,16-/m0/s1. The number of alkyl halides is 3. The van der Waals surface area contributed by atoms with E-state index in [0.717, 1.165) is 51.3 Å². The number of unbranched alkanes of at least 4 members (excludes halogenated alkanes) is 1. The number of nitrogens with zero attached hydrogens (tertiary/aromatic N) is 2. The lowest BCUT2D eigenvalue weighted by molar-refractivity contribution is -0.137. The van der Waals surface area contributed by atoms with Gasteiger partial charge in [0.05, 0.1) is 16.8 Å². The molecule has 0 amide bonds. The number of carboxylic acid groups (broad SMARTS) is 1. The molecule has 0 spiro atoms. The van der Waals surface area contributed by atoms with Crippen molar-refractivity contribution in [1.82, 2.24) is 20.3 Å². The molecule has 1 aromatic carbocycles. The van der Waals surface area contributed by atoms with Gasteiger partial charge in [0, 0.05) is 40.7 Å². The highest BCUT2D eigenvalue weighted by Crippen LogP contribution is 2.43. The first-order valence-corrected chi connectivity index (χ1v) is 15.6. The van der Waals surface area contributed by atoms with Gasteiger partial charge in [-0.3, -0.25) is 0 Å². The minimum Gasteiger partial charge on any atom is -0.478 e. The fourth-order valence-corrected chi connectivity index (χ4v) is 6.71. The van der Waals surface area contributed by atoms with Gasteiger partial charge in [0.2, 0.25) is 5.95 Å². The van der Waals surface area contributed by atoms with E-state index < -0.39 is 24.9 Å². The van der Waals surface area contributed by atoms with Crippen molar-refractivity contribution in [2.75, 3.05) is 31.7 Å². The van der Waals surface area contributed by atoms with E-state index in [1.165, 1.54) is 31.7 Å². The number of hydrogen-bond donors (Lipinski definition) is 5. The summed E-state index contributed by atoms with van der Waals surface area (Å²) in [6, 6.07) is 2.97. The highest BCUT2D eigenvalue weighted by atomic mass is 31.2.